The number of nitrogens with zero attached hydrogens (tertiary/aromatic N) is 1. The van der Waals surface area contributed by atoms with Crippen molar-refractivity contribution >= 4 is 28.2 Å². The summed E-state index contributed by atoms with van der Waals surface area (Å²) in [5.74, 6) is 0.289. The van der Waals surface area contributed by atoms with Gasteiger partial charge in [0.1, 0.15) is 11.4 Å². The van der Waals surface area contributed by atoms with E-state index in [0.717, 1.165) is 16.9 Å². The summed E-state index contributed by atoms with van der Waals surface area (Å²) in [6.45, 7) is 5.20. The predicted octanol–water partition coefficient (Wildman–Crippen LogP) is 2.98. The zero-order valence-corrected chi connectivity index (χ0v) is 12.9. The van der Waals surface area contributed by atoms with Gasteiger partial charge in [0.2, 0.25) is 0 Å². The number of anilines is 1. The minimum atomic E-state index is -0.304. The molecule has 0 saturated heterocycles. The van der Waals surface area contributed by atoms with E-state index in [2.05, 4.69) is 10.3 Å². The molecule has 1 aromatic heterocycles. The normalized spacial score (nSPS) is 10.2. The predicted molar refractivity (Wildman–Crippen MR) is 82.2 cm³/mol. The number of thiazole rings is 1. The van der Waals surface area contributed by atoms with Gasteiger partial charge >= 0.3 is 0 Å². The minimum Gasteiger partial charge on any atom is -0.483 e. The smallest absolute Gasteiger partial charge is 0.264 e. The average Bonchev–Trinajstić information content (AvgIpc) is 2.87. The molecular weight excluding hydrogens is 288 g/mol. The van der Waals surface area contributed by atoms with Gasteiger partial charge in [-0.05, 0) is 25.0 Å². The number of rotatable bonds is 5. The van der Waals surface area contributed by atoms with Gasteiger partial charge in [0.05, 0.1) is 0 Å². The van der Waals surface area contributed by atoms with Crippen LogP contribution in [0.3, 0.4) is 0 Å². The summed E-state index contributed by atoms with van der Waals surface area (Å²) in [5.41, 5.74) is 2.32. The van der Waals surface area contributed by atoms with Crippen LogP contribution < -0.4 is 10.1 Å². The lowest BCUT2D eigenvalue weighted by atomic mass is 10.1. The largest absolute Gasteiger partial charge is 0.483 e. The fourth-order valence-electron chi connectivity index (χ4n) is 1.81. The molecular formula is C15H16N2O3S. The highest BCUT2D eigenvalue weighted by atomic mass is 32.1. The lowest BCUT2D eigenvalue weighted by Crippen LogP contribution is -2.20. The van der Waals surface area contributed by atoms with Crippen LogP contribution in [0.25, 0.3) is 0 Å². The van der Waals surface area contributed by atoms with Crippen molar-refractivity contribution in [3.8, 4) is 5.75 Å². The topological polar surface area (TPSA) is 68.3 Å². The molecule has 110 valence electrons. The first kappa shape index (κ1) is 15.2. The number of carbonyl (C=O) groups is 2. The zero-order chi connectivity index (χ0) is 15.4. The van der Waals surface area contributed by atoms with Gasteiger partial charge < -0.3 is 4.74 Å². The SMILES string of the molecule is CC(=O)c1csc(NC(=O)COc2c(C)cccc2C)n1. The van der Waals surface area contributed by atoms with E-state index in [4.69, 9.17) is 4.74 Å². The maximum absolute atomic E-state index is 11.8. The Bertz CT molecular complexity index is 659. The number of hydrogen-bond acceptors (Lipinski definition) is 5. The van der Waals surface area contributed by atoms with Crippen LogP contribution in [0.4, 0.5) is 5.13 Å². The van der Waals surface area contributed by atoms with Crippen molar-refractivity contribution < 1.29 is 14.3 Å². The molecule has 1 N–H and O–H groups in total. The third-order valence-electron chi connectivity index (χ3n) is 2.87. The van der Waals surface area contributed by atoms with Crippen molar-refractivity contribution in [2.75, 3.05) is 11.9 Å². The molecule has 6 heteroatoms. The molecule has 0 aliphatic carbocycles. The standard InChI is InChI=1S/C15H16N2O3S/c1-9-5-4-6-10(2)14(9)20-7-13(19)17-15-16-12(8-21-15)11(3)18/h4-6,8H,7H2,1-3H3,(H,16,17,19). The number of ether oxygens (including phenoxy) is 1. The number of Topliss-reactive ketones (excluding diaryl/α,β-unsaturated/α-hetero) is 1. The number of aryl methyl sites for hydroxylation is 2. The third-order valence-corrected chi connectivity index (χ3v) is 3.63. The molecule has 0 saturated carbocycles. The molecule has 1 amide bonds. The van der Waals surface area contributed by atoms with Gasteiger partial charge in [-0.2, -0.15) is 0 Å². The van der Waals surface area contributed by atoms with Gasteiger partial charge in [-0.15, -0.1) is 11.3 Å². The summed E-state index contributed by atoms with van der Waals surface area (Å²) in [6, 6.07) is 5.80. The van der Waals surface area contributed by atoms with Gasteiger partial charge in [-0.3, -0.25) is 14.9 Å². The Morgan fingerprint density at radius 2 is 1.95 bits per heavy atom. The van der Waals surface area contributed by atoms with Gasteiger partial charge in [0.25, 0.3) is 5.91 Å². The first-order chi connectivity index (χ1) is 9.97. The lowest BCUT2D eigenvalue weighted by molar-refractivity contribution is -0.118. The Balaban J connectivity index is 1.94. The Labute approximate surface area is 127 Å². The van der Waals surface area contributed by atoms with E-state index in [0.29, 0.717) is 10.8 Å². The lowest BCUT2D eigenvalue weighted by Gasteiger charge is -2.11. The molecule has 0 unspecified atom stereocenters. The van der Waals surface area contributed by atoms with Crippen LogP contribution >= 0.6 is 11.3 Å². The van der Waals surface area contributed by atoms with E-state index in [1.807, 2.05) is 32.0 Å². The van der Waals surface area contributed by atoms with Gasteiger partial charge in [-0.25, -0.2) is 4.98 Å². The summed E-state index contributed by atoms with van der Waals surface area (Å²) < 4.78 is 5.55. The summed E-state index contributed by atoms with van der Waals surface area (Å²) in [7, 11) is 0. The number of ketones is 1. The molecule has 0 spiro atoms. The molecule has 0 aliphatic heterocycles. The summed E-state index contributed by atoms with van der Waals surface area (Å²) in [5, 5.41) is 4.63. The van der Waals surface area contributed by atoms with Gasteiger partial charge in [0.15, 0.2) is 17.5 Å². The molecule has 1 aromatic carbocycles. The van der Waals surface area contributed by atoms with Crippen LogP contribution in [-0.4, -0.2) is 23.3 Å². The summed E-state index contributed by atoms with van der Waals surface area (Å²) in [4.78, 5) is 27.0. The molecule has 0 aliphatic rings. The fraction of sp³-hybridized carbons (Fsp3) is 0.267. The maximum Gasteiger partial charge on any atom is 0.264 e. The molecule has 5 nitrogen and oxygen atoms in total. The van der Waals surface area contributed by atoms with Crippen LogP contribution in [-0.2, 0) is 4.79 Å². The molecule has 0 atom stereocenters. The van der Waals surface area contributed by atoms with Crippen LogP contribution in [0.5, 0.6) is 5.75 Å². The van der Waals surface area contributed by atoms with Crippen molar-refractivity contribution in [3.05, 3.63) is 40.4 Å². The minimum absolute atomic E-state index is 0.0965. The van der Waals surface area contributed by atoms with Crippen molar-refractivity contribution in [3.63, 3.8) is 0 Å². The van der Waals surface area contributed by atoms with Crippen LogP contribution in [0.15, 0.2) is 23.6 Å². The second kappa shape index (κ2) is 6.49. The molecule has 0 fully saturated rings. The molecule has 2 rings (SSSR count). The summed E-state index contributed by atoms with van der Waals surface area (Å²) in [6.07, 6.45) is 0. The van der Waals surface area contributed by atoms with E-state index in [-0.39, 0.29) is 18.3 Å². The van der Waals surface area contributed by atoms with Crippen molar-refractivity contribution in [1.82, 2.24) is 4.98 Å². The van der Waals surface area contributed by atoms with E-state index in [1.54, 1.807) is 5.38 Å². The molecule has 2 aromatic rings. The van der Waals surface area contributed by atoms with E-state index in [1.165, 1.54) is 18.3 Å². The number of para-hydroxylation sites is 1. The van der Waals surface area contributed by atoms with Crippen LogP contribution in [0.2, 0.25) is 0 Å². The van der Waals surface area contributed by atoms with Crippen molar-refractivity contribution in [2.45, 2.75) is 20.8 Å². The number of nitrogens with one attached hydrogen (secondary N) is 1. The highest BCUT2D eigenvalue weighted by Crippen LogP contribution is 2.22. The first-order valence-electron chi connectivity index (χ1n) is 6.42. The maximum atomic E-state index is 11.8. The Morgan fingerprint density at radius 3 is 2.52 bits per heavy atom. The quantitative estimate of drug-likeness (QED) is 0.862. The summed E-state index contributed by atoms with van der Waals surface area (Å²) >= 11 is 1.21. The molecule has 21 heavy (non-hydrogen) atoms. The Kier molecular flexibility index (Phi) is 4.70. The first-order valence-corrected chi connectivity index (χ1v) is 7.30. The second-order valence-corrected chi connectivity index (χ2v) is 5.51. The Hall–Kier alpha value is -2.21. The van der Waals surface area contributed by atoms with E-state index < -0.39 is 0 Å². The zero-order valence-electron chi connectivity index (χ0n) is 12.1. The monoisotopic (exact) mass is 304 g/mol. The third kappa shape index (κ3) is 3.88. The van der Waals surface area contributed by atoms with Gasteiger partial charge in [-0.1, -0.05) is 18.2 Å². The number of hydrogen-bond donors (Lipinski definition) is 1. The molecule has 0 radical (unpaired) electrons. The molecule has 1 heterocycles. The number of carbonyl (C=O) groups excluding carboxylic acids is 2. The highest BCUT2D eigenvalue weighted by molar-refractivity contribution is 7.14. The number of benzene rings is 1. The van der Waals surface area contributed by atoms with Crippen molar-refractivity contribution in [1.29, 1.82) is 0 Å². The highest BCUT2D eigenvalue weighted by Gasteiger charge is 2.11. The van der Waals surface area contributed by atoms with E-state index in [9.17, 15) is 9.59 Å². The second-order valence-electron chi connectivity index (χ2n) is 4.65. The fourth-order valence-corrected chi connectivity index (χ4v) is 2.58. The van der Waals surface area contributed by atoms with Crippen molar-refractivity contribution in [2.24, 2.45) is 0 Å². The van der Waals surface area contributed by atoms with E-state index >= 15 is 0 Å². The average molecular weight is 304 g/mol. The van der Waals surface area contributed by atoms with Crippen LogP contribution in [0, 0.1) is 13.8 Å². The Morgan fingerprint density at radius 1 is 1.29 bits per heavy atom. The van der Waals surface area contributed by atoms with Crippen LogP contribution in [0.1, 0.15) is 28.5 Å². The molecule has 0 bridgehead atoms. The number of amides is 1. The number of aromatic nitrogens is 1. The van der Waals surface area contributed by atoms with Gasteiger partial charge in [0, 0.05) is 12.3 Å².